The van der Waals surface area contributed by atoms with Gasteiger partial charge in [-0.05, 0) is 19.9 Å². The Hall–Kier alpha value is -2.22. The molecule has 0 aliphatic carbocycles. The minimum atomic E-state index is 0.171. The Morgan fingerprint density at radius 3 is 2.75 bits per heavy atom. The third-order valence-electron chi connectivity index (χ3n) is 2.30. The van der Waals surface area contributed by atoms with Gasteiger partial charge in [0, 0.05) is 19.4 Å². The van der Waals surface area contributed by atoms with Gasteiger partial charge >= 0.3 is 6.01 Å². The number of hydrogen-bond acceptors (Lipinski definition) is 7. The summed E-state index contributed by atoms with van der Waals surface area (Å²) in [6.07, 6.45) is 3.57. The molecule has 0 saturated heterocycles. The minimum absolute atomic E-state index is 0.171. The summed E-state index contributed by atoms with van der Waals surface area (Å²) in [6, 6.07) is 2.03. The molecule has 2 aromatic rings. The van der Waals surface area contributed by atoms with Crippen LogP contribution in [0, 0.1) is 0 Å². The van der Waals surface area contributed by atoms with Gasteiger partial charge in [0.05, 0.1) is 12.7 Å². The Morgan fingerprint density at radius 1 is 1.25 bits per heavy atom. The highest BCUT2D eigenvalue weighted by molar-refractivity contribution is 5.28. The molecule has 0 aromatic carbocycles. The third kappa shape index (κ3) is 3.89. The SMILES string of the molecule is CNc1nc(OCCOC(C)C)nc(-n2cccn2)n1. The van der Waals surface area contributed by atoms with E-state index in [-0.39, 0.29) is 12.1 Å². The Kier molecular flexibility index (Phi) is 4.83. The number of aromatic nitrogens is 5. The van der Waals surface area contributed by atoms with Crippen molar-refractivity contribution < 1.29 is 9.47 Å². The standard InChI is InChI=1S/C12H18N6O2/c1-9(2)19-7-8-20-12-16-10(13-3)15-11(17-12)18-6-4-5-14-18/h4-6,9H,7-8H2,1-3H3,(H,13,15,16,17). The van der Waals surface area contributed by atoms with Gasteiger partial charge in [-0.25, -0.2) is 4.68 Å². The van der Waals surface area contributed by atoms with Crippen molar-refractivity contribution in [2.75, 3.05) is 25.6 Å². The second-order valence-electron chi connectivity index (χ2n) is 4.21. The molecule has 108 valence electrons. The number of rotatable bonds is 7. The van der Waals surface area contributed by atoms with Gasteiger partial charge in [0.1, 0.15) is 6.61 Å². The average molecular weight is 278 g/mol. The average Bonchev–Trinajstić information content (AvgIpc) is 2.97. The lowest BCUT2D eigenvalue weighted by molar-refractivity contribution is 0.0531. The topological polar surface area (TPSA) is 87.0 Å². The van der Waals surface area contributed by atoms with E-state index in [0.29, 0.717) is 25.1 Å². The Balaban J connectivity index is 2.06. The summed E-state index contributed by atoms with van der Waals surface area (Å²) in [6.45, 7) is 4.80. The van der Waals surface area contributed by atoms with Crippen LogP contribution >= 0.6 is 0 Å². The molecule has 0 aliphatic rings. The van der Waals surface area contributed by atoms with Crippen LogP contribution in [0.5, 0.6) is 6.01 Å². The minimum Gasteiger partial charge on any atom is -0.461 e. The van der Waals surface area contributed by atoms with Gasteiger partial charge in [0.15, 0.2) is 0 Å². The summed E-state index contributed by atoms with van der Waals surface area (Å²) in [4.78, 5) is 12.5. The van der Waals surface area contributed by atoms with Crippen molar-refractivity contribution in [3.63, 3.8) is 0 Å². The number of nitrogens with zero attached hydrogens (tertiary/aromatic N) is 5. The highest BCUT2D eigenvalue weighted by Gasteiger charge is 2.08. The lowest BCUT2D eigenvalue weighted by atomic mass is 10.5. The molecular formula is C12H18N6O2. The molecule has 0 bridgehead atoms. The Bertz CT molecular complexity index is 529. The number of ether oxygens (including phenoxy) is 2. The molecule has 0 aliphatic heterocycles. The van der Waals surface area contributed by atoms with Crippen LogP contribution in [0.4, 0.5) is 5.95 Å². The van der Waals surface area contributed by atoms with E-state index in [4.69, 9.17) is 9.47 Å². The largest absolute Gasteiger partial charge is 0.461 e. The maximum Gasteiger partial charge on any atom is 0.323 e. The summed E-state index contributed by atoms with van der Waals surface area (Å²) in [5.41, 5.74) is 0. The van der Waals surface area contributed by atoms with Gasteiger partial charge in [-0.15, -0.1) is 0 Å². The van der Waals surface area contributed by atoms with Crippen molar-refractivity contribution in [2.45, 2.75) is 20.0 Å². The van der Waals surface area contributed by atoms with Crippen LogP contribution in [0.25, 0.3) is 5.95 Å². The summed E-state index contributed by atoms with van der Waals surface area (Å²) in [5.74, 6) is 0.819. The van der Waals surface area contributed by atoms with E-state index in [1.165, 1.54) is 0 Å². The van der Waals surface area contributed by atoms with Crippen LogP contribution in [0.3, 0.4) is 0 Å². The zero-order chi connectivity index (χ0) is 14.4. The maximum atomic E-state index is 5.47. The molecule has 20 heavy (non-hydrogen) atoms. The lowest BCUT2D eigenvalue weighted by Crippen LogP contribution is -2.14. The van der Waals surface area contributed by atoms with Crippen molar-refractivity contribution in [1.82, 2.24) is 24.7 Å². The smallest absolute Gasteiger partial charge is 0.323 e. The van der Waals surface area contributed by atoms with E-state index < -0.39 is 0 Å². The van der Waals surface area contributed by atoms with Crippen molar-refractivity contribution in [1.29, 1.82) is 0 Å². The molecule has 8 heteroatoms. The van der Waals surface area contributed by atoms with E-state index in [9.17, 15) is 0 Å². The van der Waals surface area contributed by atoms with Gasteiger partial charge in [0.25, 0.3) is 5.95 Å². The lowest BCUT2D eigenvalue weighted by Gasteiger charge is -2.09. The first-order valence-corrected chi connectivity index (χ1v) is 6.37. The first-order chi connectivity index (χ1) is 9.69. The molecular weight excluding hydrogens is 260 g/mol. The molecule has 2 heterocycles. The van der Waals surface area contributed by atoms with Crippen molar-refractivity contribution in [3.8, 4) is 12.0 Å². The summed E-state index contributed by atoms with van der Waals surface area (Å²) < 4.78 is 12.4. The van der Waals surface area contributed by atoms with Gasteiger partial charge in [-0.2, -0.15) is 20.1 Å². The molecule has 0 spiro atoms. The van der Waals surface area contributed by atoms with E-state index in [0.717, 1.165) is 0 Å². The van der Waals surface area contributed by atoms with Crippen LogP contribution < -0.4 is 10.1 Å². The van der Waals surface area contributed by atoms with Crippen molar-refractivity contribution >= 4 is 5.95 Å². The Morgan fingerprint density at radius 2 is 2.10 bits per heavy atom. The van der Waals surface area contributed by atoms with Crippen LogP contribution in [0.15, 0.2) is 18.5 Å². The molecule has 0 unspecified atom stereocenters. The predicted octanol–water partition coefficient (Wildman–Crippen LogP) is 0.903. The molecule has 8 nitrogen and oxygen atoms in total. The van der Waals surface area contributed by atoms with Crippen molar-refractivity contribution in [3.05, 3.63) is 18.5 Å². The highest BCUT2D eigenvalue weighted by Crippen LogP contribution is 2.10. The molecule has 0 fully saturated rings. The summed E-state index contributed by atoms with van der Waals surface area (Å²) in [5, 5.41) is 6.94. The third-order valence-corrected chi connectivity index (χ3v) is 2.30. The molecule has 0 atom stereocenters. The van der Waals surface area contributed by atoms with Crippen LogP contribution in [0.1, 0.15) is 13.8 Å². The fourth-order valence-electron chi connectivity index (χ4n) is 1.43. The first kappa shape index (κ1) is 14.2. The van der Waals surface area contributed by atoms with Crippen LogP contribution in [-0.4, -0.2) is 51.1 Å². The second-order valence-corrected chi connectivity index (χ2v) is 4.21. The fourth-order valence-corrected chi connectivity index (χ4v) is 1.43. The van der Waals surface area contributed by atoms with E-state index in [1.54, 1.807) is 30.2 Å². The van der Waals surface area contributed by atoms with Crippen LogP contribution in [-0.2, 0) is 4.74 Å². The monoisotopic (exact) mass is 278 g/mol. The second kappa shape index (κ2) is 6.80. The zero-order valence-corrected chi connectivity index (χ0v) is 11.8. The van der Waals surface area contributed by atoms with Gasteiger partial charge in [-0.3, -0.25) is 0 Å². The van der Waals surface area contributed by atoms with Gasteiger partial charge < -0.3 is 14.8 Å². The molecule has 1 N–H and O–H groups in total. The molecule has 0 amide bonds. The molecule has 0 saturated carbocycles. The predicted molar refractivity (Wildman–Crippen MR) is 73.1 cm³/mol. The van der Waals surface area contributed by atoms with E-state index >= 15 is 0 Å². The van der Waals surface area contributed by atoms with E-state index in [2.05, 4.69) is 25.4 Å². The van der Waals surface area contributed by atoms with Crippen LogP contribution in [0.2, 0.25) is 0 Å². The summed E-state index contributed by atoms with van der Waals surface area (Å²) in [7, 11) is 1.73. The zero-order valence-electron chi connectivity index (χ0n) is 11.8. The number of anilines is 1. The first-order valence-electron chi connectivity index (χ1n) is 6.37. The Labute approximate surface area is 117 Å². The molecule has 0 radical (unpaired) electrons. The molecule has 2 aromatic heterocycles. The van der Waals surface area contributed by atoms with E-state index in [1.807, 2.05) is 13.8 Å². The highest BCUT2D eigenvalue weighted by atomic mass is 16.5. The fraction of sp³-hybridized carbons (Fsp3) is 0.500. The quantitative estimate of drug-likeness (QED) is 0.753. The molecule has 2 rings (SSSR count). The number of nitrogens with one attached hydrogen (secondary N) is 1. The van der Waals surface area contributed by atoms with Gasteiger partial charge in [0.2, 0.25) is 5.95 Å². The van der Waals surface area contributed by atoms with Gasteiger partial charge in [-0.1, -0.05) is 0 Å². The normalized spacial score (nSPS) is 10.8. The van der Waals surface area contributed by atoms with Crippen molar-refractivity contribution in [2.24, 2.45) is 0 Å². The number of hydrogen-bond donors (Lipinski definition) is 1. The summed E-state index contributed by atoms with van der Waals surface area (Å²) >= 11 is 0. The maximum absolute atomic E-state index is 5.47.